The van der Waals surface area contributed by atoms with Crippen LogP contribution in [0.1, 0.15) is 15.9 Å². The van der Waals surface area contributed by atoms with E-state index < -0.39 is 0 Å². The van der Waals surface area contributed by atoms with E-state index in [9.17, 15) is 4.79 Å². The molecule has 5 nitrogen and oxygen atoms in total. The minimum atomic E-state index is -0.140. The van der Waals surface area contributed by atoms with Crippen molar-refractivity contribution in [2.24, 2.45) is 0 Å². The monoisotopic (exact) mass is 304 g/mol. The summed E-state index contributed by atoms with van der Waals surface area (Å²) in [7, 11) is 1.73. The smallest absolute Gasteiger partial charge is 0.254 e. The molecule has 1 aliphatic heterocycles. The number of fused-ring (bicyclic) bond motifs is 1. The molecule has 21 heavy (non-hydrogen) atoms. The quantitative estimate of drug-likeness (QED) is 0.875. The van der Waals surface area contributed by atoms with Crippen molar-refractivity contribution < 1.29 is 14.3 Å². The molecule has 2 heterocycles. The summed E-state index contributed by atoms with van der Waals surface area (Å²) in [4.78, 5) is 18.1. The van der Waals surface area contributed by atoms with Gasteiger partial charge in [-0.3, -0.25) is 9.78 Å². The Hall–Kier alpha value is -2.27. The van der Waals surface area contributed by atoms with Crippen LogP contribution in [-0.2, 0) is 6.54 Å². The third-order valence-electron chi connectivity index (χ3n) is 3.16. The van der Waals surface area contributed by atoms with Crippen LogP contribution in [0.15, 0.2) is 36.7 Å². The zero-order valence-corrected chi connectivity index (χ0v) is 12.1. The van der Waals surface area contributed by atoms with Crippen LogP contribution < -0.4 is 9.47 Å². The number of halogens is 1. The lowest BCUT2D eigenvalue weighted by Gasteiger charge is -2.17. The van der Waals surface area contributed by atoms with Crippen molar-refractivity contribution in [1.82, 2.24) is 9.88 Å². The van der Waals surface area contributed by atoms with Gasteiger partial charge in [-0.15, -0.1) is 0 Å². The van der Waals surface area contributed by atoms with Gasteiger partial charge in [-0.25, -0.2) is 0 Å². The third kappa shape index (κ3) is 2.78. The average Bonchev–Trinajstić information content (AvgIpc) is 2.96. The van der Waals surface area contributed by atoms with Crippen LogP contribution in [0.5, 0.6) is 11.5 Å². The summed E-state index contributed by atoms with van der Waals surface area (Å²) in [5.41, 5.74) is 1.43. The van der Waals surface area contributed by atoms with Gasteiger partial charge in [-0.05, 0) is 23.8 Å². The van der Waals surface area contributed by atoms with E-state index in [0.717, 1.165) is 5.56 Å². The zero-order chi connectivity index (χ0) is 14.8. The van der Waals surface area contributed by atoms with Crippen LogP contribution in [0.3, 0.4) is 0 Å². The Morgan fingerprint density at radius 1 is 1.43 bits per heavy atom. The molecule has 0 fully saturated rings. The fraction of sp³-hybridized carbons (Fsp3) is 0.200. The zero-order valence-electron chi connectivity index (χ0n) is 11.4. The highest BCUT2D eigenvalue weighted by Crippen LogP contribution is 2.40. The van der Waals surface area contributed by atoms with Crippen molar-refractivity contribution in [3.05, 3.63) is 52.8 Å². The van der Waals surface area contributed by atoms with Crippen LogP contribution in [-0.4, -0.2) is 29.6 Å². The number of rotatable bonds is 3. The van der Waals surface area contributed by atoms with Gasteiger partial charge in [-0.2, -0.15) is 0 Å². The summed E-state index contributed by atoms with van der Waals surface area (Å²) >= 11 is 6.10. The molecule has 0 spiro atoms. The van der Waals surface area contributed by atoms with Gasteiger partial charge in [0, 0.05) is 31.5 Å². The number of amides is 1. The van der Waals surface area contributed by atoms with Crippen molar-refractivity contribution in [3.63, 3.8) is 0 Å². The van der Waals surface area contributed by atoms with Gasteiger partial charge in [0.2, 0.25) is 6.79 Å². The minimum Gasteiger partial charge on any atom is -0.454 e. The molecule has 0 N–H and O–H groups in total. The number of carbonyl (C=O) groups excluding carboxylic acids is 1. The first-order valence-corrected chi connectivity index (χ1v) is 6.76. The highest BCUT2D eigenvalue weighted by molar-refractivity contribution is 6.32. The number of carbonyl (C=O) groups is 1. The van der Waals surface area contributed by atoms with E-state index in [1.54, 1.807) is 36.5 Å². The second-order valence-corrected chi connectivity index (χ2v) is 5.12. The highest BCUT2D eigenvalue weighted by atomic mass is 35.5. The molecule has 0 atom stereocenters. The molecule has 0 saturated heterocycles. The van der Waals surface area contributed by atoms with E-state index in [2.05, 4.69) is 4.98 Å². The maximum atomic E-state index is 12.5. The Kier molecular flexibility index (Phi) is 3.66. The molecule has 0 aliphatic carbocycles. The van der Waals surface area contributed by atoms with Crippen LogP contribution in [0.25, 0.3) is 0 Å². The number of hydrogen-bond acceptors (Lipinski definition) is 4. The summed E-state index contributed by atoms with van der Waals surface area (Å²) in [6.45, 7) is 0.594. The van der Waals surface area contributed by atoms with Gasteiger partial charge >= 0.3 is 0 Å². The topological polar surface area (TPSA) is 51.7 Å². The van der Waals surface area contributed by atoms with E-state index in [-0.39, 0.29) is 12.7 Å². The minimum absolute atomic E-state index is 0.123. The van der Waals surface area contributed by atoms with Gasteiger partial charge in [0.25, 0.3) is 5.91 Å². The second kappa shape index (κ2) is 5.61. The standard InChI is InChI=1S/C15H13ClN2O3/c1-18(8-10-3-2-4-17-7-10)15(19)11-5-12(16)14-13(6-11)20-9-21-14/h2-7H,8-9H2,1H3. The Bertz CT molecular complexity index is 676. The SMILES string of the molecule is CN(Cc1cccnc1)C(=O)c1cc(Cl)c2c(c1)OCO2. The maximum absolute atomic E-state index is 12.5. The predicted molar refractivity (Wildman–Crippen MR) is 77.6 cm³/mol. The van der Waals surface area contributed by atoms with Gasteiger partial charge < -0.3 is 14.4 Å². The molecule has 1 aromatic heterocycles. The molecule has 108 valence electrons. The van der Waals surface area contributed by atoms with Gasteiger partial charge in [0.1, 0.15) is 0 Å². The summed E-state index contributed by atoms with van der Waals surface area (Å²) < 4.78 is 10.5. The maximum Gasteiger partial charge on any atom is 0.254 e. The first-order chi connectivity index (χ1) is 10.1. The molecule has 0 bridgehead atoms. The summed E-state index contributed by atoms with van der Waals surface area (Å²) in [6, 6.07) is 7.00. The Morgan fingerprint density at radius 3 is 3.05 bits per heavy atom. The van der Waals surface area contributed by atoms with E-state index >= 15 is 0 Å². The number of benzene rings is 1. The van der Waals surface area contributed by atoms with E-state index in [4.69, 9.17) is 21.1 Å². The fourth-order valence-corrected chi connectivity index (χ4v) is 2.41. The molecule has 6 heteroatoms. The van der Waals surface area contributed by atoms with E-state index in [1.807, 2.05) is 12.1 Å². The number of pyridine rings is 1. The number of nitrogens with zero attached hydrogens (tertiary/aromatic N) is 2. The van der Waals surface area contributed by atoms with Crippen molar-refractivity contribution in [1.29, 1.82) is 0 Å². The van der Waals surface area contributed by atoms with Crippen LogP contribution in [0.2, 0.25) is 5.02 Å². The Morgan fingerprint density at radius 2 is 2.29 bits per heavy atom. The molecule has 1 amide bonds. The van der Waals surface area contributed by atoms with Crippen LogP contribution in [0.4, 0.5) is 0 Å². The van der Waals surface area contributed by atoms with Gasteiger partial charge in [0.15, 0.2) is 11.5 Å². The lowest BCUT2D eigenvalue weighted by atomic mass is 10.1. The lowest BCUT2D eigenvalue weighted by molar-refractivity contribution is 0.0784. The van der Waals surface area contributed by atoms with Crippen molar-refractivity contribution in [2.45, 2.75) is 6.54 Å². The highest BCUT2D eigenvalue weighted by Gasteiger charge is 2.22. The summed E-state index contributed by atoms with van der Waals surface area (Å²) in [5.74, 6) is 0.850. The Labute approximate surface area is 127 Å². The summed E-state index contributed by atoms with van der Waals surface area (Å²) in [5, 5.41) is 0.378. The third-order valence-corrected chi connectivity index (χ3v) is 3.44. The van der Waals surface area contributed by atoms with Crippen molar-refractivity contribution >= 4 is 17.5 Å². The van der Waals surface area contributed by atoms with Crippen LogP contribution >= 0.6 is 11.6 Å². The second-order valence-electron chi connectivity index (χ2n) is 4.71. The molecule has 2 aromatic rings. The number of ether oxygens (including phenoxy) is 2. The normalized spacial score (nSPS) is 12.3. The van der Waals surface area contributed by atoms with E-state index in [0.29, 0.717) is 28.6 Å². The fourth-order valence-electron chi connectivity index (χ4n) is 2.15. The van der Waals surface area contributed by atoms with Crippen LogP contribution in [0, 0.1) is 0 Å². The van der Waals surface area contributed by atoms with Crippen molar-refractivity contribution in [3.8, 4) is 11.5 Å². The molecule has 1 aromatic carbocycles. The average molecular weight is 305 g/mol. The first-order valence-electron chi connectivity index (χ1n) is 6.38. The molecule has 0 unspecified atom stereocenters. The molecule has 1 aliphatic rings. The lowest BCUT2D eigenvalue weighted by Crippen LogP contribution is -2.26. The van der Waals surface area contributed by atoms with Crippen molar-refractivity contribution in [2.75, 3.05) is 13.8 Å². The molecule has 0 saturated carbocycles. The van der Waals surface area contributed by atoms with Gasteiger partial charge in [-0.1, -0.05) is 17.7 Å². The van der Waals surface area contributed by atoms with Gasteiger partial charge in [0.05, 0.1) is 5.02 Å². The summed E-state index contributed by atoms with van der Waals surface area (Å²) in [6.07, 6.45) is 3.43. The number of aromatic nitrogens is 1. The molecular weight excluding hydrogens is 292 g/mol. The first kappa shape index (κ1) is 13.7. The largest absolute Gasteiger partial charge is 0.454 e. The molecule has 0 radical (unpaired) electrons. The molecular formula is C15H13ClN2O3. The number of hydrogen-bond donors (Lipinski definition) is 0. The van der Waals surface area contributed by atoms with E-state index in [1.165, 1.54) is 0 Å². The Balaban J connectivity index is 1.80. The molecule has 3 rings (SSSR count). The predicted octanol–water partition coefficient (Wildman–Crippen LogP) is 2.74.